The van der Waals surface area contributed by atoms with Gasteiger partial charge in [-0.1, -0.05) is 48.6 Å². The Morgan fingerprint density at radius 1 is 0.885 bits per heavy atom. The van der Waals surface area contributed by atoms with Crippen LogP contribution in [-0.4, -0.2) is 28.0 Å². The van der Waals surface area contributed by atoms with Crippen LogP contribution in [0.3, 0.4) is 0 Å². The Balaban J connectivity index is 1.89. The molecule has 0 radical (unpaired) electrons. The van der Waals surface area contributed by atoms with Crippen LogP contribution in [-0.2, 0) is 11.2 Å². The van der Waals surface area contributed by atoms with Gasteiger partial charge in [-0.05, 0) is 17.7 Å². The van der Waals surface area contributed by atoms with Crippen molar-refractivity contribution in [3.05, 3.63) is 88.5 Å². The number of nitrogens with two attached hydrogens (primary N) is 1. The zero-order valence-electron chi connectivity index (χ0n) is 13.7. The molecule has 1 unspecified atom stereocenters. The molecule has 128 valence electrons. The number of fused-ring (bicyclic) bond motifs is 2. The van der Waals surface area contributed by atoms with E-state index in [1.54, 1.807) is 48.6 Å². The standard InChI is InChI=1S/C21H15NO4/c22-21(10-4-3-7-16(21)24)11-12-8-9-15(23)18-17(12)19(25)13-5-1-2-6-14(13)20(18)26/h1-10,23H,11,22H2. The van der Waals surface area contributed by atoms with Crippen LogP contribution in [0.1, 0.15) is 37.4 Å². The van der Waals surface area contributed by atoms with Gasteiger partial charge in [0.1, 0.15) is 11.3 Å². The number of phenols is 1. The summed E-state index contributed by atoms with van der Waals surface area (Å²) in [5, 5.41) is 10.2. The van der Waals surface area contributed by atoms with E-state index in [9.17, 15) is 19.5 Å². The monoisotopic (exact) mass is 345 g/mol. The number of hydrogen-bond acceptors (Lipinski definition) is 5. The van der Waals surface area contributed by atoms with Crippen LogP contribution < -0.4 is 5.73 Å². The second-order valence-electron chi connectivity index (χ2n) is 6.50. The number of phenolic OH excluding ortho intramolecular Hbond substituents is 1. The molecule has 2 aliphatic carbocycles. The molecule has 2 aliphatic rings. The minimum Gasteiger partial charge on any atom is -0.507 e. The predicted octanol–water partition coefficient (Wildman–Crippen LogP) is 2.10. The molecule has 26 heavy (non-hydrogen) atoms. The van der Waals surface area contributed by atoms with E-state index >= 15 is 0 Å². The molecule has 0 bridgehead atoms. The quantitative estimate of drug-likeness (QED) is 0.741. The summed E-state index contributed by atoms with van der Waals surface area (Å²) in [6.45, 7) is 0. The third-order valence-corrected chi connectivity index (χ3v) is 4.83. The Kier molecular flexibility index (Phi) is 3.49. The number of hydrogen-bond donors (Lipinski definition) is 2. The number of rotatable bonds is 2. The van der Waals surface area contributed by atoms with Gasteiger partial charge in [-0.25, -0.2) is 0 Å². The lowest BCUT2D eigenvalue weighted by molar-refractivity contribution is -0.118. The van der Waals surface area contributed by atoms with Gasteiger partial charge in [0.2, 0.25) is 0 Å². The van der Waals surface area contributed by atoms with Crippen LogP contribution in [0.4, 0.5) is 0 Å². The summed E-state index contributed by atoms with van der Waals surface area (Å²) in [7, 11) is 0. The minimum atomic E-state index is -1.29. The number of aromatic hydroxyl groups is 1. The minimum absolute atomic E-state index is 0.0300. The summed E-state index contributed by atoms with van der Waals surface area (Å²) >= 11 is 0. The lowest BCUT2D eigenvalue weighted by Gasteiger charge is -2.27. The van der Waals surface area contributed by atoms with Crippen LogP contribution in [0.5, 0.6) is 5.75 Å². The van der Waals surface area contributed by atoms with Gasteiger partial charge in [-0.3, -0.25) is 14.4 Å². The number of carbonyl (C=O) groups excluding carboxylic acids is 3. The molecule has 0 fully saturated rings. The van der Waals surface area contributed by atoms with Gasteiger partial charge in [-0.2, -0.15) is 0 Å². The first-order valence-corrected chi connectivity index (χ1v) is 8.15. The summed E-state index contributed by atoms with van der Waals surface area (Å²) < 4.78 is 0. The lowest BCUT2D eigenvalue weighted by atomic mass is 9.77. The lowest BCUT2D eigenvalue weighted by Crippen LogP contribution is -2.48. The van der Waals surface area contributed by atoms with Crippen molar-refractivity contribution in [3.8, 4) is 5.75 Å². The van der Waals surface area contributed by atoms with E-state index in [4.69, 9.17) is 5.73 Å². The Bertz CT molecular complexity index is 1050. The number of allylic oxidation sites excluding steroid dienone is 2. The average molecular weight is 345 g/mol. The fourth-order valence-electron chi connectivity index (χ4n) is 3.49. The normalized spacial score (nSPS) is 20.9. The molecule has 4 rings (SSSR count). The Labute approximate surface area is 149 Å². The Morgan fingerprint density at radius 2 is 1.54 bits per heavy atom. The second-order valence-corrected chi connectivity index (χ2v) is 6.50. The smallest absolute Gasteiger partial charge is 0.198 e. The summed E-state index contributed by atoms with van der Waals surface area (Å²) in [6.07, 6.45) is 6.30. The zero-order valence-corrected chi connectivity index (χ0v) is 13.7. The van der Waals surface area contributed by atoms with Crippen molar-refractivity contribution in [1.82, 2.24) is 0 Å². The van der Waals surface area contributed by atoms with Gasteiger partial charge < -0.3 is 10.8 Å². The van der Waals surface area contributed by atoms with E-state index in [0.717, 1.165) is 0 Å². The van der Waals surface area contributed by atoms with Crippen molar-refractivity contribution >= 4 is 17.3 Å². The molecule has 3 N–H and O–H groups in total. The summed E-state index contributed by atoms with van der Waals surface area (Å²) in [5.41, 5.74) is 6.04. The summed E-state index contributed by atoms with van der Waals surface area (Å²) in [4.78, 5) is 38.1. The van der Waals surface area contributed by atoms with Gasteiger partial charge in [0.25, 0.3) is 0 Å². The van der Waals surface area contributed by atoms with Crippen molar-refractivity contribution in [2.45, 2.75) is 12.0 Å². The van der Waals surface area contributed by atoms with E-state index in [-0.39, 0.29) is 46.0 Å². The fraction of sp³-hybridized carbons (Fsp3) is 0.0952. The van der Waals surface area contributed by atoms with E-state index in [0.29, 0.717) is 5.56 Å². The molecule has 5 heteroatoms. The Morgan fingerprint density at radius 3 is 2.19 bits per heavy atom. The highest BCUT2D eigenvalue weighted by molar-refractivity contribution is 6.29. The molecule has 0 saturated heterocycles. The molecule has 0 saturated carbocycles. The molecular weight excluding hydrogens is 330 g/mol. The van der Waals surface area contributed by atoms with Crippen LogP contribution in [0.2, 0.25) is 0 Å². The number of ketones is 3. The maximum atomic E-state index is 13.0. The maximum Gasteiger partial charge on any atom is 0.198 e. The van der Waals surface area contributed by atoms with Crippen LogP contribution in [0, 0.1) is 0 Å². The van der Waals surface area contributed by atoms with Gasteiger partial charge in [0, 0.05) is 23.1 Å². The molecule has 0 aromatic heterocycles. The highest BCUT2D eigenvalue weighted by atomic mass is 16.3. The molecule has 0 spiro atoms. The predicted molar refractivity (Wildman–Crippen MR) is 95.3 cm³/mol. The zero-order chi connectivity index (χ0) is 18.5. The molecule has 2 aromatic carbocycles. The van der Waals surface area contributed by atoms with Crippen molar-refractivity contribution < 1.29 is 19.5 Å². The molecule has 0 aliphatic heterocycles. The van der Waals surface area contributed by atoms with Crippen LogP contribution in [0.25, 0.3) is 0 Å². The van der Waals surface area contributed by atoms with E-state index in [2.05, 4.69) is 0 Å². The maximum absolute atomic E-state index is 13.0. The topological polar surface area (TPSA) is 97.5 Å². The SMILES string of the molecule is NC1(Cc2ccc(O)c3c2C(=O)c2ccccc2C3=O)C=CC=CC1=O. The van der Waals surface area contributed by atoms with Gasteiger partial charge >= 0.3 is 0 Å². The van der Waals surface area contributed by atoms with Crippen LogP contribution in [0.15, 0.2) is 60.7 Å². The molecular formula is C21H15NO4. The third kappa shape index (κ3) is 2.25. The first kappa shape index (κ1) is 16.2. The first-order valence-electron chi connectivity index (χ1n) is 8.15. The van der Waals surface area contributed by atoms with Gasteiger partial charge in [-0.15, -0.1) is 0 Å². The van der Waals surface area contributed by atoms with E-state index in [1.807, 2.05) is 0 Å². The molecule has 0 amide bonds. The van der Waals surface area contributed by atoms with Crippen LogP contribution >= 0.6 is 0 Å². The van der Waals surface area contributed by atoms with Gasteiger partial charge in [0.15, 0.2) is 17.3 Å². The average Bonchev–Trinajstić information content (AvgIpc) is 2.64. The third-order valence-electron chi connectivity index (χ3n) is 4.83. The largest absolute Gasteiger partial charge is 0.507 e. The van der Waals surface area contributed by atoms with E-state index < -0.39 is 11.3 Å². The summed E-state index contributed by atoms with van der Waals surface area (Å²) in [6, 6.07) is 9.40. The van der Waals surface area contributed by atoms with E-state index in [1.165, 1.54) is 12.1 Å². The van der Waals surface area contributed by atoms with Crippen molar-refractivity contribution in [2.75, 3.05) is 0 Å². The molecule has 2 aromatic rings. The summed E-state index contributed by atoms with van der Waals surface area (Å²) in [5.74, 6) is -1.30. The molecule has 1 atom stereocenters. The second kappa shape index (κ2) is 5.61. The van der Waals surface area contributed by atoms with Crippen molar-refractivity contribution in [3.63, 3.8) is 0 Å². The van der Waals surface area contributed by atoms with Gasteiger partial charge in [0.05, 0.1) is 5.56 Å². The Hall–Kier alpha value is -3.31. The fourth-order valence-corrected chi connectivity index (χ4v) is 3.49. The molecule has 0 heterocycles. The molecule has 5 nitrogen and oxygen atoms in total. The van der Waals surface area contributed by atoms with Crippen molar-refractivity contribution in [2.24, 2.45) is 5.73 Å². The van der Waals surface area contributed by atoms with Crippen molar-refractivity contribution in [1.29, 1.82) is 0 Å². The first-order chi connectivity index (χ1) is 12.4. The number of benzene rings is 2. The number of carbonyl (C=O) groups is 3. The highest BCUT2D eigenvalue weighted by Crippen LogP contribution is 2.36. The highest BCUT2D eigenvalue weighted by Gasteiger charge is 2.37.